The van der Waals surface area contributed by atoms with Crippen LogP contribution in [0.4, 0.5) is 5.69 Å². The first-order valence-corrected chi connectivity index (χ1v) is 11.5. The normalized spacial score (nSPS) is 26.0. The van der Waals surface area contributed by atoms with E-state index in [4.69, 9.17) is 4.74 Å². The number of nitrogens with zero attached hydrogens (tertiary/aromatic N) is 2. The third kappa shape index (κ3) is 4.82. The molecule has 1 amide bonds. The van der Waals surface area contributed by atoms with E-state index in [1.807, 2.05) is 49.1 Å². The lowest BCUT2D eigenvalue weighted by Crippen LogP contribution is -2.59. The van der Waals surface area contributed by atoms with Crippen LogP contribution in [0.15, 0.2) is 30.3 Å². The molecule has 3 aliphatic heterocycles. The number of aliphatic hydroxyl groups excluding tert-OH is 1. The van der Waals surface area contributed by atoms with Crippen molar-refractivity contribution in [2.24, 2.45) is 5.41 Å². The standard InChI is InChI=1S/C24H37N3O3/c1-23(2,25-19-6-4-3-5-7-19)22(29)26-12-10-24(11-13-26)16-21(28)17-27(18-24)20-8-14-30-15-9-20/h3-7,20-21,25,28H,8-18H2,1-2H3. The number of amides is 1. The van der Waals surface area contributed by atoms with Crippen LogP contribution in [0.5, 0.6) is 0 Å². The molecule has 30 heavy (non-hydrogen) atoms. The fourth-order valence-corrected chi connectivity index (χ4v) is 5.60. The number of aliphatic hydroxyl groups is 1. The zero-order valence-corrected chi connectivity index (χ0v) is 18.5. The molecule has 166 valence electrons. The molecule has 3 heterocycles. The Labute approximate surface area is 180 Å². The van der Waals surface area contributed by atoms with Crippen molar-refractivity contribution in [3.05, 3.63) is 30.3 Å². The molecule has 1 unspecified atom stereocenters. The number of benzene rings is 1. The molecule has 0 aromatic heterocycles. The first-order valence-electron chi connectivity index (χ1n) is 11.5. The molecule has 3 fully saturated rings. The summed E-state index contributed by atoms with van der Waals surface area (Å²) in [6, 6.07) is 10.5. The van der Waals surface area contributed by atoms with Gasteiger partial charge in [-0.2, -0.15) is 0 Å². The Kier molecular flexibility index (Phi) is 6.37. The first kappa shape index (κ1) is 21.6. The average Bonchev–Trinajstić information content (AvgIpc) is 2.74. The van der Waals surface area contributed by atoms with Crippen molar-refractivity contribution in [3.8, 4) is 0 Å². The lowest BCUT2D eigenvalue weighted by Gasteiger charge is -2.52. The highest BCUT2D eigenvalue weighted by Gasteiger charge is 2.45. The van der Waals surface area contributed by atoms with E-state index in [0.717, 1.165) is 77.2 Å². The van der Waals surface area contributed by atoms with Gasteiger partial charge >= 0.3 is 0 Å². The van der Waals surface area contributed by atoms with Gasteiger partial charge in [0.05, 0.1) is 6.10 Å². The van der Waals surface area contributed by atoms with Crippen LogP contribution < -0.4 is 5.32 Å². The molecular formula is C24H37N3O3. The van der Waals surface area contributed by atoms with Crippen molar-refractivity contribution in [2.45, 2.75) is 63.6 Å². The van der Waals surface area contributed by atoms with E-state index < -0.39 is 5.54 Å². The topological polar surface area (TPSA) is 65.0 Å². The fourth-order valence-electron chi connectivity index (χ4n) is 5.60. The van der Waals surface area contributed by atoms with Gasteiger partial charge in [0.2, 0.25) is 5.91 Å². The molecule has 6 heteroatoms. The second-order valence-electron chi connectivity index (χ2n) is 10.0. The molecule has 2 N–H and O–H groups in total. The van der Waals surface area contributed by atoms with Crippen molar-refractivity contribution in [1.29, 1.82) is 0 Å². The molecule has 3 saturated heterocycles. The van der Waals surface area contributed by atoms with Crippen LogP contribution in [0.2, 0.25) is 0 Å². The van der Waals surface area contributed by atoms with Gasteiger partial charge in [0.25, 0.3) is 0 Å². The fraction of sp³-hybridized carbons (Fsp3) is 0.708. The maximum atomic E-state index is 13.3. The summed E-state index contributed by atoms with van der Waals surface area (Å²) in [6.07, 6.45) is 4.66. The number of β-amino-alcohol motifs (C(OH)–C–C–N with tert-alkyl or cyclic N) is 1. The molecule has 1 spiro atoms. The number of nitrogens with one attached hydrogen (secondary N) is 1. The zero-order valence-electron chi connectivity index (χ0n) is 18.5. The van der Waals surface area contributed by atoms with E-state index in [9.17, 15) is 9.90 Å². The number of likely N-dealkylation sites (tertiary alicyclic amines) is 2. The number of piperidine rings is 2. The lowest BCUT2D eigenvalue weighted by molar-refractivity contribution is -0.139. The molecule has 4 rings (SSSR count). The smallest absolute Gasteiger partial charge is 0.247 e. The van der Waals surface area contributed by atoms with E-state index in [0.29, 0.717) is 6.04 Å². The van der Waals surface area contributed by atoms with Gasteiger partial charge in [0, 0.05) is 51.1 Å². The zero-order chi connectivity index (χ0) is 21.2. The van der Waals surface area contributed by atoms with Crippen LogP contribution in [0.3, 0.4) is 0 Å². The van der Waals surface area contributed by atoms with Gasteiger partial charge in [-0.25, -0.2) is 0 Å². The largest absolute Gasteiger partial charge is 0.392 e. The van der Waals surface area contributed by atoms with E-state index >= 15 is 0 Å². The van der Waals surface area contributed by atoms with E-state index in [-0.39, 0.29) is 17.4 Å². The molecule has 3 aliphatic rings. The number of para-hydroxylation sites is 1. The monoisotopic (exact) mass is 415 g/mol. The van der Waals surface area contributed by atoms with Crippen molar-refractivity contribution >= 4 is 11.6 Å². The summed E-state index contributed by atoms with van der Waals surface area (Å²) in [7, 11) is 0. The van der Waals surface area contributed by atoms with Gasteiger partial charge in [-0.05, 0) is 63.5 Å². The number of carbonyl (C=O) groups excluding carboxylic acids is 1. The second-order valence-corrected chi connectivity index (χ2v) is 10.0. The second kappa shape index (κ2) is 8.85. The van der Waals surface area contributed by atoms with Crippen LogP contribution in [-0.2, 0) is 9.53 Å². The summed E-state index contributed by atoms with van der Waals surface area (Å²) in [5.41, 5.74) is 0.447. The maximum Gasteiger partial charge on any atom is 0.247 e. The summed E-state index contributed by atoms with van der Waals surface area (Å²) in [5.74, 6) is 0.152. The summed E-state index contributed by atoms with van der Waals surface area (Å²) >= 11 is 0. The predicted octanol–water partition coefficient (Wildman–Crippen LogP) is 2.73. The number of anilines is 1. The van der Waals surface area contributed by atoms with Crippen molar-refractivity contribution < 1.29 is 14.6 Å². The number of ether oxygens (including phenoxy) is 1. The summed E-state index contributed by atoms with van der Waals surface area (Å²) in [6.45, 7) is 8.95. The minimum absolute atomic E-state index is 0.129. The van der Waals surface area contributed by atoms with Gasteiger partial charge in [-0.1, -0.05) is 18.2 Å². The molecule has 0 radical (unpaired) electrons. The predicted molar refractivity (Wildman–Crippen MR) is 118 cm³/mol. The highest BCUT2D eigenvalue weighted by Crippen LogP contribution is 2.41. The first-order chi connectivity index (χ1) is 14.4. The molecule has 0 saturated carbocycles. The van der Waals surface area contributed by atoms with Crippen LogP contribution in [-0.4, -0.2) is 77.9 Å². The van der Waals surface area contributed by atoms with Gasteiger partial charge in [-0.3, -0.25) is 9.69 Å². The van der Waals surface area contributed by atoms with Crippen molar-refractivity contribution in [1.82, 2.24) is 9.80 Å². The van der Waals surface area contributed by atoms with Gasteiger partial charge in [-0.15, -0.1) is 0 Å². The Morgan fingerprint density at radius 2 is 1.83 bits per heavy atom. The molecule has 6 nitrogen and oxygen atoms in total. The molecule has 0 aliphatic carbocycles. The van der Waals surface area contributed by atoms with Crippen molar-refractivity contribution in [3.63, 3.8) is 0 Å². The number of hydrogen-bond donors (Lipinski definition) is 2. The maximum absolute atomic E-state index is 13.3. The van der Waals surface area contributed by atoms with Gasteiger partial charge < -0.3 is 20.1 Å². The number of hydrogen-bond acceptors (Lipinski definition) is 5. The highest BCUT2D eigenvalue weighted by atomic mass is 16.5. The highest BCUT2D eigenvalue weighted by molar-refractivity contribution is 5.88. The quantitative estimate of drug-likeness (QED) is 0.792. The number of carbonyl (C=O) groups is 1. The average molecular weight is 416 g/mol. The van der Waals surface area contributed by atoms with Crippen LogP contribution in [0, 0.1) is 5.41 Å². The van der Waals surface area contributed by atoms with Crippen molar-refractivity contribution in [2.75, 3.05) is 44.7 Å². The number of rotatable bonds is 4. The Bertz CT molecular complexity index is 710. The van der Waals surface area contributed by atoms with Gasteiger partial charge in [0.15, 0.2) is 0 Å². The Balaban J connectivity index is 1.36. The summed E-state index contributed by atoms with van der Waals surface area (Å²) < 4.78 is 5.53. The third-order valence-electron chi connectivity index (χ3n) is 7.24. The third-order valence-corrected chi connectivity index (χ3v) is 7.24. The molecule has 1 aromatic rings. The van der Waals surface area contributed by atoms with Crippen LogP contribution >= 0.6 is 0 Å². The Hall–Kier alpha value is -1.63. The summed E-state index contributed by atoms with van der Waals surface area (Å²) in [5, 5.41) is 14.0. The van der Waals surface area contributed by atoms with Crippen LogP contribution in [0.25, 0.3) is 0 Å². The van der Waals surface area contributed by atoms with E-state index in [2.05, 4.69) is 10.2 Å². The molecular weight excluding hydrogens is 378 g/mol. The lowest BCUT2D eigenvalue weighted by atomic mass is 9.71. The summed E-state index contributed by atoms with van der Waals surface area (Å²) in [4.78, 5) is 17.8. The Morgan fingerprint density at radius 1 is 1.17 bits per heavy atom. The minimum Gasteiger partial charge on any atom is -0.392 e. The molecule has 1 atom stereocenters. The van der Waals surface area contributed by atoms with E-state index in [1.54, 1.807) is 0 Å². The Morgan fingerprint density at radius 3 is 2.50 bits per heavy atom. The minimum atomic E-state index is -0.647. The molecule has 0 bridgehead atoms. The van der Waals surface area contributed by atoms with E-state index in [1.165, 1.54) is 0 Å². The van der Waals surface area contributed by atoms with Gasteiger partial charge in [0.1, 0.15) is 5.54 Å². The van der Waals surface area contributed by atoms with Crippen LogP contribution in [0.1, 0.15) is 46.0 Å². The molecule has 1 aromatic carbocycles. The SMILES string of the molecule is CC(C)(Nc1ccccc1)C(=O)N1CCC2(CC1)CC(O)CN(C1CCOCC1)C2.